The molecule has 0 spiro atoms. The van der Waals surface area contributed by atoms with E-state index in [0.29, 0.717) is 17.8 Å². The van der Waals surface area contributed by atoms with Crippen LogP contribution < -0.4 is 10.1 Å². The maximum absolute atomic E-state index is 5.06. The Morgan fingerprint density at radius 3 is 2.75 bits per heavy atom. The zero-order chi connectivity index (χ0) is 13.9. The Kier molecular flexibility index (Phi) is 3.92. The molecular weight excluding hydrogens is 316 g/mol. The number of methoxy groups -OCH3 is 1. The second kappa shape index (κ2) is 5.83. The van der Waals surface area contributed by atoms with Crippen LogP contribution >= 0.6 is 15.9 Å². The number of halogens is 1. The highest BCUT2D eigenvalue weighted by molar-refractivity contribution is 9.10. The molecule has 3 rings (SSSR count). The van der Waals surface area contributed by atoms with Gasteiger partial charge in [-0.2, -0.15) is 0 Å². The predicted molar refractivity (Wildman–Crippen MR) is 84.3 cm³/mol. The van der Waals surface area contributed by atoms with Gasteiger partial charge in [-0.25, -0.2) is 4.98 Å². The van der Waals surface area contributed by atoms with E-state index in [4.69, 9.17) is 4.74 Å². The van der Waals surface area contributed by atoms with Crippen LogP contribution in [0, 0.1) is 0 Å². The lowest BCUT2D eigenvalue weighted by Crippen LogP contribution is -2.34. The minimum Gasteiger partial charge on any atom is -0.481 e. The van der Waals surface area contributed by atoms with Crippen molar-refractivity contribution in [3.05, 3.63) is 52.6 Å². The van der Waals surface area contributed by atoms with E-state index in [9.17, 15) is 0 Å². The molecule has 1 fully saturated rings. The smallest absolute Gasteiger partial charge is 0.213 e. The van der Waals surface area contributed by atoms with Gasteiger partial charge in [0.15, 0.2) is 0 Å². The Balaban J connectivity index is 1.55. The molecule has 1 aromatic heterocycles. The van der Waals surface area contributed by atoms with Gasteiger partial charge in [0.25, 0.3) is 0 Å². The van der Waals surface area contributed by atoms with E-state index in [1.54, 1.807) is 7.11 Å². The van der Waals surface area contributed by atoms with Gasteiger partial charge in [-0.15, -0.1) is 0 Å². The molecule has 0 unspecified atom stereocenters. The molecule has 1 N–H and O–H groups in total. The van der Waals surface area contributed by atoms with Gasteiger partial charge >= 0.3 is 0 Å². The number of aromatic nitrogens is 1. The zero-order valence-corrected chi connectivity index (χ0v) is 12.9. The Bertz CT molecular complexity index is 579. The average Bonchev–Trinajstić information content (AvgIpc) is 2.43. The second-order valence-corrected chi connectivity index (χ2v) is 6.07. The summed E-state index contributed by atoms with van der Waals surface area (Å²) >= 11 is 3.53. The lowest BCUT2D eigenvalue weighted by atomic mass is 9.76. The van der Waals surface area contributed by atoms with Crippen molar-refractivity contribution in [3.63, 3.8) is 0 Å². The first-order valence-electron chi connectivity index (χ1n) is 6.76. The molecule has 0 atom stereocenters. The third-order valence-electron chi connectivity index (χ3n) is 3.77. The molecule has 1 heterocycles. The quantitative estimate of drug-likeness (QED) is 0.910. The number of nitrogens with zero attached hydrogens (tertiary/aromatic N) is 1. The summed E-state index contributed by atoms with van der Waals surface area (Å²) in [4.78, 5) is 4.21. The van der Waals surface area contributed by atoms with E-state index in [1.165, 1.54) is 18.4 Å². The van der Waals surface area contributed by atoms with Crippen LogP contribution in [0.2, 0.25) is 0 Å². The van der Waals surface area contributed by atoms with Crippen molar-refractivity contribution in [1.29, 1.82) is 0 Å². The molecule has 1 aromatic carbocycles. The van der Waals surface area contributed by atoms with Crippen LogP contribution in [0.3, 0.4) is 0 Å². The van der Waals surface area contributed by atoms with Crippen molar-refractivity contribution >= 4 is 21.6 Å². The fraction of sp³-hybridized carbons (Fsp3) is 0.312. The Morgan fingerprint density at radius 1 is 1.25 bits per heavy atom. The highest BCUT2D eigenvalue weighted by Gasteiger charge is 2.30. The topological polar surface area (TPSA) is 34.1 Å². The van der Waals surface area contributed by atoms with Gasteiger partial charge in [-0.05, 0) is 42.5 Å². The third kappa shape index (κ3) is 2.96. The normalized spacial score (nSPS) is 21.1. The Hall–Kier alpha value is -1.55. The molecule has 1 aliphatic carbocycles. The highest BCUT2D eigenvalue weighted by Crippen LogP contribution is 2.39. The highest BCUT2D eigenvalue weighted by atomic mass is 79.9. The molecular formula is C16H17BrN2O. The maximum Gasteiger partial charge on any atom is 0.213 e. The van der Waals surface area contributed by atoms with Gasteiger partial charge in [0.05, 0.1) is 19.0 Å². The van der Waals surface area contributed by atoms with Crippen molar-refractivity contribution in [2.24, 2.45) is 0 Å². The van der Waals surface area contributed by atoms with Crippen LogP contribution in [0.25, 0.3) is 0 Å². The van der Waals surface area contributed by atoms with E-state index in [2.05, 4.69) is 50.5 Å². The number of hydrogen-bond donors (Lipinski definition) is 1. The fourth-order valence-corrected chi connectivity index (χ4v) is 3.01. The maximum atomic E-state index is 5.06. The largest absolute Gasteiger partial charge is 0.481 e. The summed E-state index contributed by atoms with van der Waals surface area (Å²) in [5, 5.41) is 3.51. The van der Waals surface area contributed by atoms with Gasteiger partial charge < -0.3 is 10.1 Å². The lowest BCUT2D eigenvalue weighted by Gasteiger charge is -2.37. The van der Waals surface area contributed by atoms with Crippen LogP contribution in [0.1, 0.15) is 24.3 Å². The number of anilines is 1. The first-order chi connectivity index (χ1) is 9.74. The molecule has 104 valence electrons. The first-order valence-corrected chi connectivity index (χ1v) is 7.56. The predicted octanol–water partition coefficient (Wildman–Crippen LogP) is 4.21. The van der Waals surface area contributed by atoms with Crippen molar-refractivity contribution < 1.29 is 4.74 Å². The van der Waals surface area contributed by atoms with E-state index < -0.39 is 0 Å². The molecule has 0 aliphatic heterocycles. The van der Waals surface area contributed by atoms with Crippen LogP contribution in [0.15, 0.2) is 47.1 Å². The van der Waals surface area contributed by atoms with Gasteiger partial charge in [-0.3, -0.25) is 0 Å². The van der Waals surface area contributed by atoms with Crippen LogP contribution in [-0.4, -0.2) is 18.1 Å². The summed E-state index contributed by atoms with van der Waals surface area (Å²) in [6.45, 7) is 0. The minimum atomic E-state index is 0.536. The monoisotopic (exact) mass is 332 g/mol. The van der Waals surface area contributed by atoms with E-state index in [1.807, 2.05) is 18.3 Å². The number of rotatable bonds is 4. The SMILES string of the molecule is COc1ccc(NC2CC(c3cccc(Br)c3)C2)cn1. The third-order valence-corrected chi connectivity index (χ3v) is 4.27. The summed E-state index contributed by atoms with van der Waals surface area (Å²) in [6.07, 6.45) is 4.16. The van der Waals surface area contributed by atoms with Gasteiger partial charge in [0, 0.05) is 16.6 Å². The Morgan fingerprint density at radius 2 is 2.10 bits per heavy atom. The summed E-state index contributed by atoms with van der Waals surface area (Å²) in [7, 11) is 1.63. The van der Waals surface area contributed by atoms with E-state index in [0.717, 1.165) is 10.2 Å². The zero-order valence-electron chi connectivity index (χ0n) is 11.3. The molecule has 2 aromatic rings. The van der Waals surface area contributed by atoms with Crippen LogP contribution in [-0.2, 0) is 0 Å². The summed E-state index contributed by atoms with van der Waals surface area (Å²) in [6, 6.07) is 13.0. The van der Waals surface area contributed by atoms with Crippen molar-refractivity contribution in [3.8, 4) is 5.88 Å². The van der Waals surface area contributed by atoms with Gasteiger partial charge in [0.2, 0.25) is 5.88 Å². The van der Waals surface area contributed by atoms with Crippen molar-refractivity contribution in [1.82, 2.24) is 4.98 Å². The average molecular weight is 333 g/mol. The first kappa shape index (κ1) is 13.4. The number of hydrogen-bond acceptors (Lipinski definition) is 3. The molecule has 0 amide bonds. The molecule has 1 saturated carbocycles. The fourth-order valence-electron chi connectivity index (χ4n) is 2.59. The number of benzene rings is 1. The second-order valence-electron chi connectivity index (χ2n) is 5.15. The van der Waals surface area contributed by atoms with Crippen LogP contribution in [0.4, 0.5) is 5.69 Å². The summed E-state index contributed by atoms with van der Waals surface area (Å²) < 4.78 is 6.22. The molecule has 20 heavy (non-hydrogen) atoms. The van der Waals surface area contributed by atoms with E-state index in [-0.39, 0.29) is 0 Å². The standard InChI is InChI=1S/C16H17BrN2O/c1-20-16-6-5-14(10-18-16)19-15-8-12(9-15)11-3-2-4-13(17)7-11/h2-7,10,12,15,19H,8-9H2,1H3. The Labute approximate surface area is 127 Å². The molecule has 0 radical (unpaired) electrons. The van der Waals surface area contributed by atoms with Crippen LogP contribution in [0.5, 0.6) is 5.88 Å². The van der Waals surface area contributed by atoms with Gasteiger partial charge in [0.1, 0.15) is 0 Å². The number of nitrogens with one attached hydrogen (secondary N) is 1. The van der Waals surface area contributed by atoms with E-state index >= 15 is 0 Å². The summed E-state index contributed by atoms with van der Waals surface area (Å²) in [5.74, 6) is 1.31. The molecule has 3 nitrogen and oxygen atoms in total. The molecule has 4 heteroatoms. The molecule has 0 saturated heterocycles. The molecule has 1 aliphatic rings. The van der Waals surface area contributed by atoms with Crippen molar-refractivity contribution in [2.45, 2.75) is 24.8 Å². The summed E-state index contributed by atoms with van der Waals surface area (Å²) in [5.41, 5.74) is 2.48. The number of pyridine rings is 1. The lowest BCUT2D eigenvalue weighted by molar-refractivity contribution is 0.373. The molecule has 0 bridgehead atoms. The van der Waals surface area contributed by atoms with Gasteiger partial charge in [-0.1, -0.05) is 28.1 Å². The van der Waals surface area contributed by atoms with Crippen molar-refractivity contribution in [2.75, 3.05) is 12.4 Å². The minimum absolute atomic E-state index is 0.536. The number of ether oxygens (including phenoxy) is 1.